The van der Waals surface area contributed by atoms with Crippen LogP contribution in [0.3, 0.4) is 0 Å². The van der Waals surface area contributed by atoms with Gasteiger partial charge in [0, 0.05) is 20.3 Å². The molecule has 0 spiro atoms. The van der Waals surface area contributed by atoms with Gasteiger partial charge in [-0.3, -0.25) is 9.59 Å². The molecule has 0 aromatic heterocycles. The third-order valence-corrected chi connectivity index (χ3v) is 7.87. The largest absolute Gasteiger partial charge is 0.477 e. The topological polar surface area (TPSA) is 344 Å². The molecule has 0 aliphatic carbocycles. The molecule has 266 valence electrons. The molecule has 0 radical (unpaired) electrons. The number of rotatable bonds is 12. The van der Waals surface area contributed by atoms with E-state index < -0.39 is 142 Å². The Bertz CT molecular complexity index is 1050. The third-order valence-electron chi connectivity index (χ3n) is 7.87. The van der Waals surface area contributed by atoms with Crippen LogP contribution in [-0.4, -0.2) is 191 Å². The average Bonchev–Trinajstić information content (AvgIpc) is 2.99. The second kappa shape index (κ2) is 15.8. The van der Waals surface area contributed by atoms with Crippen molar-refractivity contribution < 1.29 is 94.2 Å². The first-order chi connectivity index (χ1) is 21.5. The number of carbonyl (C=O) groups is 3. The number of carboxylic acid groups (broad SMARTS) is 1. The van der Waals surface area contributed by atoms with Gasteiger partial charge in [-0.15, -0.1) is 0 Å². The highest BCUT2D eigenvalue weighted by Gasteiger charge is 2.60. The van der Waals surface area contributed by atoms with Gasteiger partial charge in [-0.25, -0.2) is 4.79 Å². The zero-order chi connectivity index (χ0) is 34.7. The van der Waals surface area contributed by atoms with Gasteiger partial charge >= 0.3 is 5.97 Å². The molecule has 2 unspecified atom stereocenters. The van der Waals surface area contributed by atoms with Crippen molar-refractivity contribution in [2.75, 3.05) is 19.8 Å². The Morgan fingerprint density at radius 1 is 0.848 bits per heavy atom. The molecular weight excluding hydrogens is 632 g/mol. The summed E-state index contributed by atoms with van der Waals surface area (Å²) in [5.41, 5.74) is 0. The van der Waals surface area contributed by atoms with E-state index in [-0.39, 0.29) is 0 Å². The molecule has 0 bridgehead atoms. The van der Waals surface area contributed by atoms with Gasteiger partial charge in [0.2, 0.25) is 11.8 Å². The van der Waals surface area contributed by atoms with E-state index >= 15 is 0 Å². The molecule has 16 atom stereocenters. The zero-order valence-corrected chi connectivity index (χ0v) is 24.7. The van der Waals surface area contributed by atoms with E-state index in [1.165, 1.54) is 0 Å². The number of amides is 2. The van der Waals surface area contributed by atoms with Crippen molar-refractivity contribution in [2.45, 2.75) is 118 Å². The minimum Gasteiger partial charge on any atom is -0.477 e. The predicted octanol–water partition coefficient (Wildman–Crippen LogP) is -8.08. The van der Waals surface area contributed by atoms with E-state index in [2.05, 4.69) is 10.6 Å². The number of aliphatic hydroxyl groups is 10. The van der Waals surface area contributed by atoms with E-state index in [0.29, 0.717) is 0 Å². The summed E-state index contributed by atoms with van der Waals surface area (Å²) in [6, 6.07) is -3.08. The highest BCUT2D eigenvalue weighted by molar-refractivity contribution is 5.76. The Balaban J connectivity index is 1.98. The highest BCUT2D eigenvalue weighted by atomic mass is 16.8. The maximum absolute atomic E-state index is 12.6. The predicted molar refractivity (Wildman–Crippen MR) is 142 cm³/mol. The molecule has 3 aliphatic rings. The molecule has 0 saturated carbocycles. The van der Waals surface area contributed by atoms with Crippen LogP contribution in [0.1, 0.15) is 20.3 Å². The zero-order valence-electron chi connectivity index (χ0n) is 24.7. The molecule has 3 fully saturated rings. The van der Waals surface area contributed by atoms with Gasteiger partial charge in [-0.2, -0.15) is 0 Å². The van der Waals surface area contributed by atoms with E-state index in [9.17, 15) is 70.6 Å². The van der Waals surface area contributed by atoms with Crippen LogP contribution < -0.4 is 10.6 Å². The van der Waals surface area contributed by atoms with Crippen LogP contribution in [0.5, 0.6) is 0 Å². The number of hydrogen-bond acceptors (Lipinski definition) is 18. The molecule has 0 aromatic carbocycles. The fourth-order valence-corrected chi connectivity index (χ4v) is 5.56. The second-order valence-electron chi connectivity index (χ2n) is 11.2. The SMILES string of the molecule is CC(=O)N[C@H]1[C@H]([C@H](O)[C@H](O)CO)O[C@@](O[C@H]2[C@@H](O)[C@@H](CO)OC(O[C@H]3[C@@H](O)[C@@H](CO)OC(O)[C@@H]3NC(C)=O)[C@@H]2O)(C(=O)O)C[C@@H]1O. The molecule has 13 N–H and O–H groups in total. The first kappa shape index (κ1) is 38.3. The molecule has 3 saturated heterocycles. The van der Waals surface area contributed by atoms with Crippen molar-refractivity contribution in [1.82, 2.24) is 10.6 Å². The Morgan fingerprint density at radius 2 is 1.39 bits per heavy atom. The number of carbonyl (C=O) groups excluding carboxylic acids is 2. The molecule has 21 nitrogen and oxygen atoms in total. The fraction of sp³-hybridized carbons (Fsp3) is 0.880. The number of hydrogen-bond donors (Lipinski definition) is 13. The summed E-state index contributed by atoms with van der Waals surface area (Å²) in [6.07, 6.45) is -25.8. The minimum absolute atomic E-state index is 0.720. The summed E-state index contributed by atoms with van der Waals surface area (Å²) >= 11 is 0. The second-order valence-corrected chi connectivity index (χ2v) is 11.2. The lowest BCUT2D eigenvalue weighted by atomic mass is 9.88. The lowest BCUT2D eigenvalue weighted by Gasteiger charge is -2.50. The minimum atomic E-state index is -3.04. The summed E-state index contributed by atoms with van der Waals surface area (Å²) in [7, 11) is 0. The van der Waals surface area contributed by atoms with E-state index in [0.717, 1.165) is 13.8 Å². The molecule has 2 amide bonds. The van der Waals surface area contributed by atoms with Gasteiger partial charge in [0.15, 0.2) is 12.6 Å². The van der Waals surface area contributed by atoms with Crippen molar-refractivity contribution in [3.63, 3.8) is 0 Å². The summed E-state index contributed by atoms with van der Waals surface area (Å²) < 4.78 is 27.3. The Kier molecular flexibility index (Phi) is 13.1. The van der Waals surface area contributed by atoms with Crippen LogP contribution in [0.25, 0.3) is 0 Å². The van der Waals surface area contributed by atoms with Crippen molar-refractivity contribution >= 4 is 17.8 Å². The van der Waals surface area contributed by atoms with Crippen LogP contribution in [0.2, 0.25) is 0 Å². The van der Waals surface area contributed by atoms with Crippen molar-refractivity contribution in [1.29, 1.82) is 0 Å². The summed E-state index contributed by atoms with van der Waals surface area (Å²) in [5.74, 6) is -6.50. The van der Waals surface area contributed by atoms with Gasteiger partial charge in [0.25, 0.3) is 5.79 Å². The van der Waals surface area contributed by atoms with Crippen molar-refractivity contribution in [3.05, 3.63) is 0 Å². The number of aliphatic hydroxyl groups excluding tert-OH is 10. The van der Waals surface area contributed by atoms with Gasteiger partial charge in [-0.1, -0.05) is 0 Å². The van der Waals surface area contributed by atoms with E-state index in [4.69, 9.17) is 23.7 Å². The monoisotopic (exact) mass is 674 g/mol. The quantitative estimate of drug-likeness (QED) is 0.0913. The van der Waals surface area contributed by atoms with Crippen LogP contribution >= 0.6 is 0 Å². The number of ether oxygens (including phenoxy) is 5. The maximum atomic E-state index is 12.6. The van der Waals surface area contributed by atoms with Crippen molar-refractivity contribution in [3.8, 4) is 0 Å². The number of aliphatic carboxylic acids is 1. The van der Waals surface area contributed by atoms with Gasteiger partial charge < -0.3 is 90.5 Å². The number of carboxylic acids is 1. The molecular formula is C25H42N2O19. The molecule has 0 aromatic rings. The lowest BCUT2D eigenvalue weighted by Crippen LogP contribution is -2.71. The first-order valence-corrected chi connectivity index (χ1v) is 14.2. The van der Waals surface area contributed by atoms with Crippen LogP contribution in [-0.2, 0) is 38.1 Å². The smallest absolute Gasteiger partial charge is 0.364 e. The third kappa shape index (κ3) is 8.08. The maximum Gasteiger partial charge on any atom is 0.364 e. The standard InChI is InChI=1S/C25H42N2O19/c1-7(31)26-13-9(33)3-25(24(40)41,45-20(13)15(35)10(34)4-28)46-21-17(37)12(6-30)43-23(18(21)38)44-19-14(27-8(2)32)22(39)42-11(5-29)16(19)36/h9-23,28-30,33-39H,3-6H2,1-2H3,(H,26,31)(H,27,32)(H,40,41)/t9-,10+,11+,12+,13+,14+,15+,16-,17-,18+,19+,20+,21-,22?,23?,25-/m0/s1. The normalized spacial score (nSPS) is 42.9. The van der Waals surface area contributed by atoms with E-state index in [1.54, 1.807) is 0 Å². The van der Waals surface area contributed by atoms with E-state index in [1.807, 2.05) is 0 Å². The fourth-order valence-electron chi connectivity index (χ4n) is 5.56. The highest BCUT2D eigenvalue weighted by Crippen LogP contribution is 2.38. The summed E-state index contributed by atoms with van der Waals surface area (Å²) in [4.78, 5) is 36.2. The Morgan fingerprint density at radius 3 is 1.91 bits per heavy atom. The molecule has 3 heterocycles. The van der Waals surface area contributed by atoms with Crippen LogP contribution in [0, 0.1) is 0 Å². The molecule has 21 heteroatoms. The molecule has 3 rings (SSSR count). The molecule has 3 aliphatic heterocycles. The van der Waals surface area contributed by atoms with Gasteiger partial charge in [0.1, 0.15) is 67.1 Å². The first-order valence-electron chi connectivity index (χ1n) is 14.2. The van der Waals surface area contributed by atoms with Gasteiger partial charge in [-0.05, 0) is 0 Å². The Hall–Kier alpha value is -2.19. The summed E-state index contributed by atoms with van der Waals surface area (Å²) in [6.45, 7) is -0.777. The van der Waals surface area contributed by atoms with Crippen molar-refractivity contribution in [2.24, 2.45) is 0 Å². The summed E-state index contributed by atoms with van der Waals surface area (Å²) in [5, 5.41) is 118. The molecule has 46 heavy (non-hydrogen) atoms. The van der Waals surface area contributed by atoms with Gasteiger partial charge in [0.05, 0.1) is 32.0 Å². The lowest BCUT2D eigenvalue weighted by molar-refractivity contribution is -0.380. The average molecular weight is 675 g/mol. The van der Waals surface area contributed by atoms with Crippen LogP contribution in [0.15, 0.2) is 0 Å². The van der Waals surface area contributed by atoms with Crippen LogP contribution in [0.4, 0.5) is 0 Å². The Labute approximate surface area is 260 Å². The number of nitrogens with one attached hydrogen (secondary N) is 2.